The van der Waals surface area contributed by atoms with Crippen molar-refractivity contribution in [2.75, 3.05) is 11.9 Å². The summed E-state index contributed by atoms with van der Waals surface area (Å²) in [7, 11) is 0. The van der Waals surface area contributed by atoms with Gasteiger partial charge in [-0.15, -0.1) is 11.3 Å². The molecule has 0 aliphatic carbocycles. The van der Waals surface area contributed by atoms with E-state index in [1.54, 1.807) is 24.3 Å². The molecule has 2 N–H and O–H groups in total. The van der Waals surface area contributed by atoms with Crippen LogP contribution in [0.25, 0.3) is 0 Å². The smallest absolute Gasteiger partial charge is 0.339 e. The van der Waals surface area contributed by atoms with Crippen LogP contribution in [0.3, 0.4) is 0 Å². The molecule has 0 aliphatic heterocycles. The maximum atomic E-state index is 11.3. The Balaban J connectivity index is 2.10. The molecular formula is C14H17N3O2S. The monoisotopic (exact) mass is 291 g/mol. The molecule has 0 saturated carbocycles. The van der Waals surface area contributed by atoms with E-state index in [1.165, 1.54) is 0 Å². The van der Waals surface area contributed by atoms with Crippen LogP contribution in [0.2, 0.25) is 0 Å². The fourth-order valence-corrected chi connectivity index (χ4v) is 2.82. The zero-order chi connectivity index (χ0) is 14.7. The molecule has 0 aromatic carbocycles. The largest absolute Gasteiger partial charge is 0.478 e. The highest BCUT2D eigenvalue weighted by atomic mass is 32.1. The Bertz CT molecular complexity index is 637. The number of nitrogens with zero attached hydrogens (tertiary/aromatic N) is 2. The minimum absolute atomic E-state index is 0.242. The highest BCUT2D eigenvalue weighted by Crippen LogP contribution is 2.19. The summed E-state index contributed by atoms with van der Waals surface area (Å²) in [5.74, 6) is -0.522. The Labute approximate surface area is 121 Å². The normalized spacial score (nSPS) is 10.6. The first-order valence-electron chi connectivity index (χ1n) is 6.34. The van der Waals surface area contributed by atoms with E-state index in [0.29, 0.717) is 12.4 Å². The lowest BCUT2D eigenvalue weighted by atomic mass is 10.1. The predicted molar refractivity (Wildman–Crippen MR) is 79.7 cm³/mol. The average molecular weight is 291 g/mol. The van der Waals surface area contributed by atoms with E-state index in [0.717, 1.165) is 28.4 Å². The van der Waals surface area contributed by atoms with Crippen LogP contribution in [-0.4, -0.2) is 27.6 Å². The van der Waals surface area contributed by atoms with Crippen molar-refractivity contribution < 1.29 is 9.90 Å². The molecule has 0 spiro atoms. The lowest BCUT2D eigenvalue weighted by Gasteiger charge is -2.11. The molecule has 0 aliphatic rings. The standard InChI is InChI=1S/C14H17N3O2S/c1-8-6-9(2)17-13(12(8)14(18)19)15-5-4-11-16-10(3)7-20-11/h6-7H,4-5H2,1-3H3,(H,15,17)(H,18,19). The Hall–Kier alpha value is -1.95. The van der Waals surface area contributed by atoms with Gasteiger partial charge < -0.3 is 10.4 Å². The molecule has 0 atom stereocenters. The van der Waals surface area contributed by atoms with Crippen molar-refractivity contribution in [2.24, 2.45) is 0 Å². The van der Waals surface area contributed by atoms with Crippen molar-refractivity contribution in [3.05, 3.63) is 39.0 Å². The lowest BCUT2D eigenvalue weighted by molar-refractivity contribution is 0.0697. The van der Waals surface area contributed by atoms with Crippen molar-refractivity contribution in [1.29, 1.82) is 0 Å². The molecule has 2 aromatic rings. The molecule has 20 heavy (non-hydrogen) atoms. The van der Waals surface area contributed by atoms with Gasteiger partial charge in [-0.25, -0.2) is 14.8 Å². The minimum Gasteiger partial charge on any atom is -0.478 e. The number of hydrogen-bond donors (Lipinski definition) is 2. The van der Waals surface area contributed by atoms with Gasteiger partial charge in [0.15, 0.2) is 0 Å². The highest BCUT2D eigenvalue weighted by Gasteiger charge is 2.15. The summed E-state index contributed by atoms with van der Waals surface area (Å²) in [5, 5.41) is 15.4. The molecule has 2 rings (SSSR count). The molecule has 2 aromatic heterocycles. The van der Waals surface area contributed by atoms with Gasteiger partial charge in [0.2, 0.25) is 0 Å². The zero-order valence-corrected chi connectivity index (χ0v) is 12.5. The van der Waals surface area contributed by atoms with E-state index in [-0.39, 0.29) is 5.56 Å². The molecule has 2 heterocycles. The maximum absolute atomic E-state index is 11.3. The number of anilines is 1. The van der Waals surface area contributed by atoms with Gasteiger partial charge in [0, 0.05) is 29.7 Å². The van der Waals surface area contributed by atoms with Gasteiger partial charge in [-0.2, -0.15) is 0 Å². The Morgan fingerprint density at radius 3 is 2.65 bits per heavy atom. The molecular weight excluding hydrogens is 274 g/mol. The number of rotatable bonds is 5. The summed E-state index contributed by atoms with van der Waals surface area (Å²) in [6, 6.07) is 1.78. The van der Waals surface area contributed by atoms with Crippen molar-refractivity contribution in [3.8, 4) is 0 Å². The van der Waals surface area contributed by atoms with Gasteiger partial charge in [-0.05, 0) is 32.4 Å². The first-order valence-corrected chi connectivity index (χ1v) is 7.21. The summed E-state index contributed by atoms with van der Waals surface area (Å²) in [6.45, 7) is 6.21. The fraction of sp³-hybridized carbons (Fsp3) is 0.357. The van der Waals surface area contributed by atoms with E-state index < -0.39 is 5.97 Å². The number of aromatic carboxylic acids is 1. The van der Waals surface area contributed by atoms with Crippen LogP contribution < -0.4 is 5.32 Å². The van der Waals surface area contributed by atoms with E-state index >= 15 is 0 Å². The summed E-state index contributed by atoms with van der Waals surface area (Å²) in [5.41, 5.74) is 2.78. The van der Waals surface area contributed by atoms with Gasteiger partial charge >= 0.3 is 5.97 Å². The van der Waals surface area contributed by atoms with Crippen molar-refractivity contribution >= 4 is 23.1 Å². The predicted octanol–water partition coefficient (Wildman–Crippen LogP) is 2.82. The molecule has 5 nitrogen and oxygen atoms in total. The number of carboxylic acids is 1. The number of hydrogen-bond acceptors (Lipinski definition) is 5. The van der Waals surface area contributed by atoms with Crippen LogP contribution in [-0.2, 0) is 6.42 Å². The van der Waals surface area contributed by atoms with E-state index in [4.69, 9.17) is 0 Å². The number of pyridine rings is 1. The third kappa shape index (κ3) is 3.33. The summed E-state index contributed by atoms with van der Waals surface area (Å²) in [4.78, 5) is 20.0. The van der Waals surface area contributed by atoms with E-state index in [2.05, 4.69) is 15.3 Å². The molecule has 106 valence electrons. The number of nitrogens with one attached hydrogen (secondary N) is 1. The molecule has 6 heteroatoms. The fourth-order valence-electron chi connectivity index (χ4n) is 2.04. The highest BCUT2D eigenvalue weighted by molar-refractivity contribution is 7.09. The second-order valence-electron chi connectivity index (χ2n) is 4.67. The Kier molecular flexibility index (Phi) is 4.34. The summed E-state index contributed by atoms with van der Waals surface area (Å²) < 4.78 is 0. The quantitative estimate of drug-likeness (QED) is 0.886. The molecule has 0 fully saturated rings. The van der Waals surface area contributed by atoms with E-state index in [9.17, 15) is 9.90 Å². The SMILES string of the molecule is Cc1csc(CCNc2nc(C)cc(C)c2C(=O)O)n1. The average Bonchev–Trinajstić information content (AvgIpc) is 2.73. The minimum atomic E-state index is -0.956. The second kappa shape index (κ2) is 6.00. The molecule has 0 saturated heterocycles. The first-order chi connectivity index (χ1) is 9.47. The number of thiazole rings is 1. The molecule has 0 unspecified atom stereocenters. The van der Waals surface area contributed by atoms with Crippen LogP contribution in [0.1, 0.15) is 32.3 Å². The van der Waals surface area contributed by atoms with Gasteiger partial charge in [-0.1, -0.05) is 0 Å². The Morgan fingerprint density at radius 1 is 1.30 bits per heavy atom. The second-order valence-corrected chi connectivity index (χ2v) is 5.61. The third-order valence-corrected chi connectivity index (χ3v) is 3.88. The van der Waals surface area contributed by atoms with Gasteiger partial charge in [0.1, 0.15) is 11.4 Å². The number of carbonyl (C=O) groups is 1. The van der Waals surface area contributed by atoms with E-state index in [1.807, 2.05) is 19.2 Å². The van der Waals surface area contributed by atoms with Crippen LogP contribution in [0, 0.1) is 20.8 Å². The number of aromatic nitrogens is 2. The topological polar surface area (TPSA) is 75.1 Å². The number of carboxylic acid groups (broad SMARTS) is 1. The van der Waals surface area contributed by atoms with Crippen LogP contribution in [0.5, 0.6) is 0 Å². The maximum Gasteiger partial charge on any atom is 0.339 e. The van der Waals surface area contributed by atoms with Crippen LogP contribution in [0.4, 0.5) is 5.82 Å². The lowest BCUT2D eigenvalue weighted by Crippen LogP contribution is -2.13. The van der Waals surface area contributed by atoms with Crippen molar-refractivity contribution in [3.63, 3.8) is 0 Å². The molecule has 0 amide bonds. The van der Waals surface area contributed by atoms with Crippen LogP contribution >= 0.6 is 11.3 Å². The van der Waals surface area contributed by atoms with Crippen molar-refractivity contribution in [2.45, 2.75) is 27.2 Å². The summed E-state index contributed by atoms with van der Waals surface area (Å²) >= 11 is 1.61. The third-order valence-electron chi connectivity index (χ3n) is 2.86. The Morgan fingerprint density at radius 2 is 2.05 bits per heavy atom. The summed E-state index contributed by atoms with van der Waals surface area (Å²) in [6.07, 6.45) is 0.756. The molecule has 0 radical (unpaired) electrons. The van der Waals surface area contributed by atoms with Gasteiger partial charge in [0.25, 0.3) is 0 Å². The first kappa shape index (κ1) is 14.5. The van der Waals surface area contributed by atoms with Crippen molar-refractivity contribution in [1.82, 2.24) is 9.97 Å². The number of aryl methyl sites for hydroxylation is 3. The van der Waals surface area contributed by atoms with Crippen LogP contribution in [0.15, 0.2) is 11.4 Å². The zero-order valence-electron chi connectivity index (χ0n) is 11.7. The van der Waals surface area contributed by atoms with Gasteiger partial charge in [0.05, 0.1) is 5.01 Å². The molecule has 0 bridgehead atoms. The van der Waals surface area contributed by atoms with Gasteiger partial charge in [-0.3, -0.25) is 0 Å².